The second kappa shape index (κ2) is 9.85. The molecule has 3 rings (SSSR count). The van der Waals surface area contributed by atoms with E-state index in [0.29, 0.717) is 29.6 Å². The molecule has 3 aromatic rings. The van der Waals surface area contributed by atoms with Crippen LogP contribution in [0.5, 0.6) is 11.5 Å². The van der Waals surface area contributed by atoms with Gasteiger partial charge in [0.1, 0.15) is 5.76 Å². The molecule has 29 heavy (non-hydrogen) atoms. The number of furan rings is 1. The number of carbonyl (C=O) groups is 1. The topological polar surface area (TPSA) is 51.9 Å². The van der Waals surface area contributed by atoms with Crippen molar-refractivity contribution in [1.29, 1.82) is 0 Å². The Bertz CT molecular complexity index is 968. The second-order valence-electron chi connectivity index (χ2n) is 6.33. The Morgan fingerprint density at radius 1 is 1.07 bits per heavy atom. The van der Waals surface area contributed by atoms with E-state index in [2.05, 4.69) is 0 Å². The lowest BCUT2D eigenvalue weighted by molar-refractivity contribution is -0.127. The van der Waals surface area contributed by atoms with Gasteiger partial charge >= 0.3 is 0 Å². The van der Waals surface area contributed by atoms with Crippen LogP contribution in [0.25, 0.3) is 6.08 Å². The summed E-state index contributed by atoms with van der Waals surface area (Å²) < 4.78 is 16.0. The summed E-state index contributed by atoms with van der Waals surface area (Å²) in [6.45, 7) is 0.842. The minimum atomic E-state index is -0.142. The van der Waals surface area contributed by atoms with Crippen molar-refractivity contribution in [3.05, 3.63) is 88.8 Å². The van der Waals surface area contributed by atoms with Gasteiger partial charge in [0.05, 0.1) is 32.1 Å². The zero-order valence-corrected chi connectivity index (χ0v) is 17.1. The zero-order valence-electron chi connectivity index (χ0n) is 16.3. The Morgan fingerprint density at radius 3 is 2.52 bits per heavy atom. The van der Waals surface area contributed by atoms with Gasteiger partial charge in [-0.3, -0.25) is 4.79 Å². The maximum atomic E-state index is 12.9. The minimum Gasteiger partial charge on any atom is -0.493 e. The quantitative estimate of drug-likeness (QED) is 0.478. The average molecular weight is 412 g/mol. The van der Waals surface area contributed by atoms with Crippen LogP contribution in [0.4, 0.5) is 0 Å². The van der Waals surface area contributed by atoms with Crippen LogP contribution in [-0.4, -0.2) is 25.0 Å². The van der Waals surface area contributed by atoms with Crippen LogP contribution in [0.2, 0.25) is 5.02 Å². The van der Waals surface area contributed by atoms with E-state index in [0.717, 1.165) is 16.9 Å². The molecule has 0 aliphatic heterocycles. The van der Waals surface area contributed by atoms with Crippen LogP contribution >= 0.6 is 11.6 Å². The molecule has 0 radical (unpaired) electrons. The van der Waals surface area contributed by atoms with Crippen LogP contribution in [0.3, 0.4) is 0 Å². The van der Waals surface area contributed by atoms with Gasteiger partial charge in [0.2, 0.25) is 5.91 Å². The third kappa shape index (κ3) is 5.42. The normalized spacial score (nSPS) is 10.9. The molecular weight excluding hydrogens is 390 g/mol. The van der Waals surface area contributed by atoms with E-state index in [1.54, 1.807) is 29.4 Å². The standard InChI is InChI=1S/C23H22ClNO4/c1-27-21-14-18(13-20(24)23(21)28-2)10-11-22(26)25(16-19-9-6-12-29-19)15-17-7-4-3-5-8-17/h3-14H,15-16H2,1-2H3/b11-10+. The van der Waals surface area contributed by atoms with E-state index < -0.39 is 0 Å². The van der Waals surface area contributed by atoms with Gasteiger partial charge < -0.3 is 18.8 Å². The molecule has 1 aromatic heterocycles. The van der Waals surface area contributed by atoms with Gasteiger partial charge in [0.25, 0.3) is 0 Å². The second-order valence-corrected chi connectivity index (χ2v) is 6.74. The molecule has 1 heterocycles. The van der Waals surface area contributed by atoms with Crippen molar-refractivity contribution in [1.82, 2.24) is 4.90 Å². The fraction of sp³-hybridized carbons (Fsp3) is 0.174. The molecule has 0 aliphatic rings. The fourth-order valence-electron chi connectivity index (χ4n) is 2.91. The highest BCUT2D eigenvalue weighted by Gasteiger charge is 2.14. The number of amides is 1. The van der Waals surface area contributed by atoms with Crippen molar-refractivity contribution in [2.45, 2.75) is 13.1 Å². The number of hydrogen-bond acceptors (Lipinski definition) is 4. The minimum absolute atomic E-state index is 0.142. The van der Waals surface area contributed by atoms with Crippen LogP contribution in [0.1, 0.15) is 16.9 Å². The number of nitrogens with zero attached hydrogens (tertiary/aromatic N) is 1. The number of benzene rings is 2. The smallest absolute Gasteiger partial charge is 0.247 e. The summed E-state index contributed by atoms with van der Waals surface area (Å²) in [4.78, 5) is 14.6. The third-order valence-corrected chi connectivity index (χ3v) is 4.61. The maximum absolute atomic E-state index is 12.9. The monoisotopic (exact) mass is 411 g/mol. The van der Waals surface area contributed by atoms with Crippen molar-refractivity contribution >= 4 is 23.6 Å². The van der Waals surface area contributed by atoms with Gasteiger partial charge in [-0.1, -0.05) is 41.9 Å². The van der Waals surface area contributed by atoms with Gasteiger partial charge in [-0.05, 0) is 41.5 Å². The number of carbonyl (C=O) groups excluding carboxylic acids is 1. The SMILES string of the molecule is COc1cc(/C=C/C(=O)N(Cc2ccccc2)Cc2ccco2)cc(Cl)c1OC. The first-order valence-corrected chi connectivity index (χ1v) is 9.43. The predicted molar refractivity (Wildman–Crippen MR) is 113 cm³/mol. The van der Waals surface area contributed by atoms with Crippen molar-refractivity contribution in [3.63, 3.8) is 0 Å². The first kappa shape index (κ1) is 20.6. The molecule has 0 spiro atoms. The summed E-state index contributed by atoms with van der Waals surface area (Å²) in [6, 6.07) is 17.0. The van der Waals surface area contributed by atoms with Crippen LogP contribution in [0, 0.1) is 0 Å². The molecule has 6 heteroatoms. The third-order valence-electron chi connectivity index (χ3n) is 4.33. The lowest BCUT2D eigenvalue weighted by Crippen LogP contribution is -2.28. The highest BCUT2D eigenvalue weighted by molar-refractivity contribution is 6.32. The molecular formula is C23H22ClNO4. The summed E-state index contributed by atoms with van der Waals surface area (Å²) in [7, 11) is 3.07. The molecule has 1 amide bonds. The Hall–Kier alpha value is -3.18. The number of ether oxygens (including phenoxy) is 2. The molecule has 0 unspecified atom stereocenters. The van der Waals surface area contributed by atoms with E-state index in [9.17, 15) is 4.79 Å². The predicted octanol–water partition coefficient (Wildman–Crippen LogP) is 5.19. The number of hydrogen-bond donors (Lipinski definition) is 0. The summed E-state index contributed by atoms with van der Waals surface area (Å²) in [5, 5.41) is 0.413. The molecule has 0 aliphatic carbocycles. The van der Waals surface area contributed by atoms with Crippen LogP contribution in [0.15, 0.2) is 71.4 Å². The fourth-order valence-corrected chi connectivity index (χ4v) is 3.21. The highest BCUT2D eigenvalue weighted by Crippen LogP contribution is 2.36. The maximum Gasteiger partial charge on any atom is 0.247 e. The number of halogens is 1. The molecule has 0 N–H and O–H groups in total. The van der Waals surface area contributed by atoms with E-state index >= 15 is 0 Å². The van der Waals surface area contributed by atoms with Gasteiger partial charge in [-0.15, -0.1) is 0 Å². The highest BCUT2D eigenvalue weighted by atomic mass is 35.5. The van der Waals surface area contributed by atoms with Gasteiger partial charge in [-0.2, -0.15) is 0 Å². The Labute approximate surface area is 175 Å². The molecule has 150 valence electrons. The first-order chi connectivity index (χ1) is 14.1. The first-order valence-electron chi connectivity index (χ1n) is 9.05. The zero-order chi connectivity index (χ0) is 20.6. The molecule has 0 bridgehead atoms. The lowest BCUT2D eigenvalue weighted by atomic mass is 10.1. The molecule has 5 nitrogen and oxygen atoms in total. The number of rotatable bonds is 8. The van der Waals surface area contributed by atoms with Crippen molar-refractivity contribution in [2.75, 3.05) is 14.2 Å². The van der Waals surface area contributed by atoms with Gasteiger partial charge in [0, 0.05) is 12.6 Å². The number of methoxy groups -OCH3 is 2. The average Bonchev–Trinajstić information content (AvgIpc) is 3.25. The van der Waals surface area contributed by atoms with Gasteiger partial charge in [-0.25, -0.2) is 0 Å². The van der Waals surface area contributed by atoms with Crippen molar-refractivity contribution in [2.24, 2.45) is 0 Å². The summed E-state index contributed by atoms with van der Waals surface area (Å²) in [5.41, 5.74) is 1.77. The Morgan fingerprint density at radius 2 is 1.86 bits per heavy atom. The molecule has 0 saturated carbocycles. The van der Waals surface area contributed by atoms with Crippen LogP contribution in [-0.2, 0) is 17.9 Å². The van der Waals surface area contributed by atoms with E-state index in [4.69, 9.17) is 25.5 Å². The van der Waals surface area contributed by atoms with Crippen LogP contribution < -0.4 is 9.47 Å². The summed E-state index contributed by atoms with van der Waals surface area (Å²) >= 11 is 6.25. The summed E-state index contributed by atoms with van der Waals surface area (Å²) in [5.74, 6) is 1.54. The van der Waals surface area contributed by atoms with Crippen molar-refractivity contribution < 1.29 is 18.7 Å². The Kier molecular flexibility index (Phi) is 6.98. The van der Waals surface area contributed by atoms with E-state index in [-0.39, 0.29) is 5.91 Å². The Balaban J connectivity index is 1.81. The molecule has 0 saturated heterocycles. The van der Waals surface area contributed by atoms with Crippen molar-refractivity contribution in [3.8, 4) is 11.5 Å². The summed E-state index contributed by atoms with van der Waals surface area (Å²) in [6.07, 6.45) is 4.82. The van der Waals surface area contributed by atoms with E-state index in [1.165, 1.54) is 20.3 Å². The van der Waals surface area contributed by atoms with Gasteiger partial charge in [0.15, 0.2) is 11.5 Å². The molecule has 0 fully saturated rings. The largest absolute Gasteiger partial charge is 0.493 e. The van der Waals surface area contributed by atoms with E-state index in [1.807, 2.05) is 42.5 Å². The molecule has 2 aromatic carbocycles. The lowest BCUT2D eigenvalue weighted by Gasteiger charge is -2.20. The molecule has 0 atom stereocenters.